The standard InChI is InChI=1S/C24H34FN5O.ClH.H4N2/c1-3-18(20-11-8-14-26-20)23-28-22(16-12-13-21(31-2)19(25)15-16)29-24(30-23)27-17-9-6-4-5-7-10-17;;1-2/h12-13,15,17-18,20,26H,3-11,14H2,1-2H3,(H,27,28,29,30);1H;1-2H2. The maximum atomic E-state index is 14.4. The van der Waals surface area contributed by atoms with Crippen molar-refractivity contribution >= 4 is 18.4 Å². The third-order valence-corrected chi connectivity index (χ3v) is 6.61. The number of nitrogens with one attached hydrogen (secondary N) is 2. The quantitative estimate of drug-likeness (QED) is 0.254. The van der Waals surface area contributed by atoms with Crippen molar-refractivity contribution in [3.8, 4) is 17.1 Å². The maximum absolute atomic E-state index is 14.4. The Bertz CT molecular complexity index is 874. The van der Waals surface area contributed by atoms with Gasteiger partial charge in [0.05, 0.1) is 7.11 Å². The van der Waals surface area contributed by atoms with Crippen LogP contribution < -0.4 is 27.1 Å². The summed E-state index contributed by atoms with van der Waals surface area (Å²) in [6, 6.07) is 5.64. The number of rotatable bonds is 7. The summed E-state index contributed by atoms with van der Waals surface area (Å²) in [7, 11) is 1.47. The molecule has 10 heteroatoms. The van der Waals surface area contributed by atoms with E-state index in [1.807, 2.05) is 6.07 Å². The molecular weight excluding hydrogens is 457 g/mol. The molecular formula is C24H39ClFN7O. The number of hydrazine groups is 1. The highest BCUT2D eigenvalue weighted by molar-refractivity contribution is 5.85. The monoisotopic (exact) mass is 495 g/mol. The zero-order valence-electron chi connectivity index (χ0n) is 20.2. The first-order valence-electron chi connectivity index (χ1n) is 12.1. The molecule has 2 atom stereocenters. The van der Waals surface area contributed by atoms with Crippen LogP contribution >= 0.6 is 12.4 Å². The van der Waals surface area contributed by atoms with Gasteiger partial charge in [-0.3, -0.25) is 11.7 Å². The molecule has 8 nitrogen and oxygen atoms in total. The predicted octanol–water partition coefficient (Wildman–Crippen LogP) is 4.31. The summed E-state index contributed by atoms with van der Waals surface area (Å²) >= 11 is 0. The van der Waals surface area contributed by atoms with E-state index in [1.165, 1.54) is 45.3 Å². The largest absolute Gasteiger partial charge is 0.494 e. The van der Waals surface area contributed by atoms with Crippen LogP contribution in [0.3, 0.4) is 0 Å². The van der Waals surface area contributed by atoms with E-state index < -0.39 is 5.82 Å². The summed E-state index contributed by atoms with van der Waals surface area (Å²) < 4.78 is 19.5. The number of halogens is 2. The van der Waals surface area contributed by atoms with Gasteiger partial charge in [0.15, 0.2) is 17.4 Å². The highest BCUT2D eigenvalue weighted by Crippen LogP contribution is 2.30. The number of aromatic nitrogens is 3. The predicted molar refractivity (Wildman–Crippen MR) is 137 cm³/mol. The molecule has 2 fully saturated rings. The number of hydrogen-bond acceptors (Lipinski definition) is 8. The van der Waals surface area contributed by atoms with Crippen molar-refractivity contribution in [1.29, 1.82) is 0 Å². The molecule has 0 bridgehead atoms. The molecule has 2 aliphatic rings. The van der Waals surface area contributed by atoms with Crippen LogP contribution in [0.5, 0.6) is 5.75 Å². The van der Waals surface area contributed by atoms with Crippen molar-refractivity contribution in [1.82, 2.24) is 20.3 Å². The van der Waals surface area contributed by atoms with Gasteiger partial charge in [-0.1, -0.05) is 32.6 Å². The second-order valence-electron chi connectivity index (χ2n) is 8.74. The molecule has 1 saturated carbocycles. The zero-order valence-corrected chi connectivity index (χ0v) is 21.0. The maximum Gasteiger partial charge on any atom is 0.226 e. The fourth-order valence-corrected chi connectivity index (χ4v) is 4.87. The number of hydrogen-bond donors (Lipinski definition) is 4. The normalized spacial score (nSPS) is 19.3. The van der Waals surface area contributed by atoms with Crippen LogP contribution in [0, 0.1) is 5.82 Å². The summed E-state index contributed by atoms with van der Waals surface area (Å²) in [6.07, 6.45) is 10.6. The van der Waals surface area contributed by atoms with Gasteiger partial charge >= 0.3 is 0 Å². The number of nitrogens with zero attached hydrogens (tertiary/aromatic N) is 3. The molecule has 1 aliphatic heterocycles. The minimum atomic E-state index is -0.412. The van der Waals surface area contributed by atoms with E-state index in [4.69, 9.17) is 19.7 Å². The molecule has 190 valence electrons. The van der Waals surface area contributed by atoms with Crippen molar-refractivity contribution in [2.24, 2.45) is 11.7 Å². The van der Waals surface area contributed by atoms with Gasteiger partial charge < -0.3 is 15.4 Å². The number of nitrogens with two attached hydrogens (primary N) is 2. The van der Waals surface area contributed by atoms with E-state index in [9.17, 15) is 4.39 Å². The molecule has 1 saturated heterocycles. The van der Waals surface area contributed by atoms with Crippen LogP contribution in [0.4, 0.5) is 10.3 Å². The van der Waals surface area contributed by atoms with E-state index in [0.717, 1.165) is 38.1 Å². The van der Waals surface area contributed by atoms with Crippen molar-refractivity contribution in [3.63, 3.8) is 0 Å². The van der Waals surface area contributed by atoms with E-state index >= 15 is 0 Å². The van der Waals surface area contributed by atoms with Gasteiger partial charge in [0, 0.05) is 23.6 Å². The molecule has 2 heterocycles. The fourth-order valence-electron chi connectivity index (χ4n) is 4.87. The van der Waals surface area contributed by atoms with Crippen molar-refractivity contribution in [2.75, 3.05) is 19.0 Å². The Kier molecular flexibility index (Phi) is 11.9. The van der Waals surface area contributed by atoms with Crippen molar-refractivity contribution in [3.05, 3.63) is 29.8 Å². The molecule has 6 N–H and O–H groups in total. The van der Waals surface area contributed by atoms with Crippen LogP contribution in [0.1, 0.15) is 76.5 Å². The first-order chi connectivity index (χ1) is 16.2. The number of benzene rings is 1. The molecule has 4 rings (SSSR count). The second-order valence-corrected chi connectivity index (χ2v) is 8.74. The van der Waals surface area contributed by atoms with Crippen LogP contribution in [0.2, 0.25) is 0 Å². The molecule has 0 amide bonds. The summed E-state index contributed by atoms with van der Waals surface area (Å²) in [5.74, 6) is 9.93. The van der Waals surface area contributed by atoms with Crippen LogP contribution in [-0.4, -0.2) is 40.7 Å². The van der Waals surface area contributed by atoms with Crippen molar-refractivity contribution in [2.45, 2.75) is 82.7 Å². The number of ether oxygens (including phenoxy) is 1. The van der Waals surface area contributed by atoms with Gasteiger partial charge in [-0.2, -0.15) is 9.97 Å². The van der Waals surface area contributed by atoms with Gasteiger partial charge in [0.2, 0.25) is 5.95 Å². The molecule has 1 aliphatic carbocycles. The molecule has 2 unspecified atom stereocenters. The molecule has 1 aromatic heterocycles. The van der Waals surface area contributed by atoms with E-state index in [2.05, 4.69) is 29.2 Å². The average Bonchev–Trinajstić information content (AvgIpc) is 3.25. The molecule has 2 aromatic rings. The van der Waals surface area contributed by atoms with Crippen LogP contribution in [0.25, 0.3) is 11.4 Å². The minimum Gasteiger partial charge on any atom is -0.494 e. The lowest BCUT2D eigenvalue weighted by Crippen LogP contribution is -2.30. The highest BCUT2D eigenvalue weighted by Gasteiger charge is 2.28. The van der Waals surface area contributed by atoms with Gasteiger partial charge in [-0.25, -0.2) is 9.37 Å². The van der Waals surface area contributed by atoms with Crippen LogP contribution in [-0.2, 0) is 0 Å². The Morgan fingerprint density at radius 3 is 2.41 bits per heavy atom. The highest BCUT2D eigenvalue weighted by atomic mass is 35.5. The molecule has 0 spiro atoms. The Labute approximate surface area is 208 Å². The van der Waals surface area contributed by atoms with E-state index in [-0.39, 0.29) is 24.1 Å². The van der Waals surface area contributed by atoms with Crippen LogP contribution in [0.15, 0.2) is 18.2 Å². The Hall–Kier alpha value is -2.07. The summed E-state index contributed by atoms with van der Waals surface area (Å²) in [5.41, 5.74) is 0.639. The number of methoxy groups -OCH3 is 1. The Morgan fingerprint density at radius 1 is 1.09 bits per heavy atom. The second kappa shape index (κ2) is 14.4. The van der Waals surface area contributed by atoms with Crippen molar-refractivity contribution < 1.29 is 9.13 Å². The fraction of sp³-hybridized carbons (Fsp3) is 0.625. The average molecular weight is 496 g/mol. The SMILES string of the molecule is CCC(c1nc(NC2CCCCCC2)nc(-c2ccc(OC)c(F)c2)n1)C1CCCN1.Cl.NN. The lowest BCUT2D eigenvalue weighted by Gasteiger charge is -2.23. The summed E-state index contributed by atoms with van der Waals surface area (Å²) in [5, 5.41) is 7.18. The topological polar surface area (TPSA) is 124 Å². The summed E-state index contributed by atoms with van der Waals surface area (Å²) in [4.78, 5) is 14.4. The number of anilines is 1. The first kappa shape index (κ1) is 28.2. The van der Waals surface area contributed by atoms with Gasteiger partial charge in [0.25, 0.3) is 0 Å². The van der Waals surface area contributed by atoms with Gasteiger partial charge in [-0.05, 0) is 56.8 Å². The molecule has 1 aromatic carbocycles. The Morgan fingerprint density at radius 2 is 1.82 bits per heavy atom. The summed E-state index contributed by atoms with van der Waals surface area (Å²) in [6.45, 7) is 3.22. The minimum absolute atomic E-state index is 0. The third-order valence-electron chi connectivity index (χ3n) is 6.61. The van der Waals surface area contributed by atoms with E-state index in [1.54, 1.807) is 6.07 Å². The van der Waals surface area contributed by atoms with E-state index in [0.29, 0.717) is 29.4 Å². The Balaban J connectivity index is 0.00000133. The lowest BCUT2D eigenvalue weighted by molar-refractivity contribution is 0.386. The molecule has 0 radical (unpaired) electrons. The van der Waals surface area contributed by atoms with Gasteiger partial charge in [-0.15, -0.1) is 12.4 Å². The third kappa shape index (κ3) is 7.21. The first-order valence-corrected chi connectivity index (χ1v) is 12.1. The lowest BCUT2D eigenvalue weighted by atomic mass is 9.94. The zero-order chi connectivity index (χ0) is 23.6. The van der Waals surface area contributed by atoms with Gasteiger partial charge in [0.1, 0.15) is 5.82 Å². The smallest absolute Gasteiger partial charge is 0.226 e. The molecule has 34 heavy (non-hydrogen) atoms.